The van der Waals surface area contributed by atoms with Gasteiger partial charge in [-0.2, -0.15) is 0 Å². The van der Waals surface area contributed by atoms with Crippen LogP contribution in [0.1, 0.15) is 47.5 Å². The Hall–Kier alpha value is -0.610. The van der Waals surface area contributed by atoms with Crippen LogP contribution in [0.2, 0.25) is 0 Å². The quantitative estimate of drug-likeness (QED) is 0.723. The minimum Gasteiger partial charge on any atom is -0.466 e. The first-order chi connectivity index (χ1) is 9.27. The number of carbonyl (C=O) groups excluding carboxylic acids is 1. The predicted molar refractivity (Wildman–Crippen MR) is 80.4 cm³/mol. The van der Waals surface area contributed by atoms with E-state index >= 15 is 0 Å². The second-order valence-electron chi connectivity index (χ2n) is 3.86. The fraction of sp³-hybridized carbons (Fsp3) is 0.933. The first kappa shape index (κ1) is 20.7. The molecule has 1 rings (SSSR count). The molecule has 0 aliphatic carbocycles. The fourth-order valence-electron chi connectivity index (χ4n) is 1.87. The molecule has 0 unspecified atom stereocenters. The van der Waals surface area contributed by atoms with Crippen LogP contribution in [0, 0.1) is 5.92 Å². The lowest BCUT2D eigenvalue weighted by atomic mass is 9.97. The van der Waals surface area contributed by atoms with Gasteiger partial charge in [0.15, 0.2) is 0 Å². The standard InChI is InChI=1S/C11H21NO3.2C2H6/c1-3-15-11(13)10-4-6-12(7-5-10)8-9-14-2;2*1-2/h10H,3-9H2,1-2H3;2*1-2H3. The molecule has 0 N–H and O–H groups in total. The summed E-state index contributed by atoms with van der Waals surface area (Å²) in [7, 11) is 1.71. The van der Waals surface area contributed by atoms with E-state index < -0.39 is 0 Å². The molecule has 19 heavy (non-hydrogen) atoms. The number of esters is 1. The summed E-state index contributed by atoms with van der Waals surface area (Å²) in [4.78, 5) is 13.8. The molecule has 4 nitrogen and oxygen atoms in total. The number of piperidine rings is 1. The molecule has 0 spiro atoms. The molecule has 1 saturated heterocycles. The highest BCUT2D eigenvalue weighted by atomic mass is 16.5. The zero-order chi connectivity index (χ0) is 15.1. The van der Waals surface area contributed by atoms with Crippen molar-refractivity contribution in [1.29, 1.82) is 0 Å². The molecule has 1 aliphatic heterocycles. The molecule has 0 aromatic carbocycles. The molecule has 0 saturated carbocycles. The predicted octanol–water partition coefficient (Wildman–Crippen LogP) is 2.96. The van der Waals surface area contributed by atoms with E-state index in [1.807, 2.05) is 34.6 Å². The molecule has 0 radical (unpaired) electrons. The van der Waals surface area contributed by atoms with Crippen molar-refractivity contribution in [3.8, 4) is 0 Å². The Bertz CT molecular complexity index is 190. The maximum Gasteiger partial charge on any atom is 0.309 e. The maximum absolute atomic E-state index is 11.5. The third kappa shape index (κ3) is 9.91. The molecule has 1 fully saturated rings. The van der Waals surface area contributed by atoms with E-state index in [1.54, 1.807) is 7.11 Å². The van der Waals surface area contributed by atoms with Gasteiger partial charge in [0, 0.05) is 13.7 Å². The van der Waals surface area contributed by atoms with Gasteiger partial charge < -0.3 is 14.4 Å². The van der Waals surface area contributed by atoms with Gasteiger partial charge in [-0.3, -0.25) is 4.79 Å². The minimum absolute atomic E-state index is 0.0242. The van der Waals surface area contributed by atoms with Crippen LogP contribution in [0.15, 0.2) is 0 Å². The second kappa shape index (κ2) is 15.4. The molecule has 116 valence electrons. The average molecular weight is 275 g/mol. The van der Waals surface area contributed by atoms with Crippen molar-refractivity contribution >= 4 is 5.97 Å². The van der Waals surface area contributed by atoms with E-state index in [4.69, 9.17) is 9.47 Å². The number of carbonyl (C=O) groups is 1. The summed E-state index contributed by atoms with van der Waals surface area (Å²) >= 11 is 0. The van der Waals surface area contributed by atoms with Crippen molar-refractivity contribution in [1.82, 2.24) is 4.90 Å². The SMILES string of the molecule is CC.CC.CCOC(=O)C1CCN(CCOC)CC1. The minimum atomic E-state index is -0.0242. The van der Waals surface area contributed by atoms with Gasteiger partial charge in [0.2, 0.25) is 0 Å². The normalized spacial score (nSPS) is 15.7. The molecular weight excluding hydrogens is 242 g/mol. The van der Waals surface area contributed by atoms with Gasteiger partial charge in [0.1, 0.15) is 0 Å². The van der Waals surface area contributed by atoms with Crippen LogP contribution in [0.4, 0.5) is 0 Å². The van der Waals surface area contributed by atoms with E-state index in [0.717, 1.165) is 39.1 Å². The Kier molecular flexibility index (Phi) is 16.8. The van der Waals surface area contributed by atoms with E-state index in [9.17, 15) is 4.79 Å². The zero-order valence-corrected chi connectivity index (χ0v) is 13.7. The third-order valence-electron chi connectivity index (χ3n) is 2.82. The van der Waals surface area contributed by atoms with Crippen LogP contribution in [-0.4, -0.2) is 50.8 Å². The maximum atomic E-state index is 11.5. The monoisotopic (exact) mass is 275 g/mol. The summed E-state index contributed by atoms with van der Waals surface area (Å²) in [5.41, 5.74) is 0. The van der Waals surface area contributed by atoms with Crippen molar-refractivity contribution in [3.63, 3.8) is 0 Å². The topological polar surface area (TPSA) is 38.8 Å². The number of hydrogen-bond acceptors (Lipinski definition) is 4. The second-order valence-corrected chi connectivity index (χ2v) is 3.86. The van der Waals surface area contributed by atoms with Crippen molar-refractivity contribution in [2.45, 2.75) is 47.5 Å². The first-order valence-corrected chi connectivity index (χ1v) is 7.65. The lowest BCUT2D eigenvalue weighted by molar-refractivity contribution is -0.149. The van der Waals surface area contributed by atoms with Crippen molar-refractivity contribution in [2.24, 2.45) is 5.92 Å². The number of methoxy groups -OCH3 is 1. The zero-order valence-electron chi connectivity index (χ0n) is 13.7. The van der Waals surface area contributed by atoms with Gasteiger partial charge in [0.25, 0.3) is 0 Å². The van der Waals surface area contributed by atoms with Crippen LogP contribution in [0.3, 0.4) is 0 Å². The van der Waals surface area contributed by atoms with Crippen molar-refractivity contribution < 1.29 is 14.3 Å². The van der Waals surface area contributed by atoms with Gasteiger partial charge >= 0.3 is 5.97 Å². The Morgan fingerprint density at radius 1 is 1.16 bits per heavy atom. The lowest BCUT2D eigenvalue weighted by Crippen LogP contribution is -2.38. The lowest BCUT2D eigenvalue weighted by Gasteiger charge is -2.30. The number of ether oxygens (including phenoxy) is 2. The Morgan fingerprint density at radius 3 is 2.11 bits per heavy atom. The van der Waals surface area contributed by atoms with Crippen molar-refractivity contribution in [3.05, 3.63) is 0 Å². The third-order valence-corrected chi connectivity index (χ3v) is 2.82. The van der Waals surface area contributed by atoms with E-state index in [1.165, 1.54) is 0 Å². The number of hydrogen-bond donors (Lipinski definition) is 0. The smallest absolute Gasteiger partial charge is 0.309 e. The van der Waals surface area contributed by atoms with E-state index in [0.29, 0.717) is 6.61 Å². The Labute approximate surface area is 119 Å². The number of likely N-dealkylation sites (tertiary alicyclic amines) is 1. The number of nitrogens with zero attached hydrogens (tertiary/aromatic N) is 1. The van der Waals surface area contributed by atoms with Gasteiger partial charge in [-0.15, -0.1) is 0 Å². The van der Waals surface area contributed by atoms with Gasteiger partial charge in [-0.1, -0.05) is 27.7 Å². The number of rotatable bonds is 5. The molecule has 0 aromatic rings. The van der Waals surface area contributed by atoms with Crippen LogP contribution >= 0.6 is 0 Å². The highest BCUT2D eigenvalue weighted by Crippen LogP contribution is 2.18. The van der Waals surface area contributed by atoms with E-state index in [2.05, 4.69) is 4.90 Å². The first-order valence-electron chi connectivity index (χ1n) is 7.65. The highest BCUT2D eigenvalue weighted by Gasteiger charge is 2.25. The average Bonchev–Trinajstić information content (AvgIpc) is 2.50. The summed E-state index contributed by atoms with van der Waals surface area (Å²) in [6.45, 7) is 14.0. The van der Waals surface area contributed by atoms with Crippen LogP contribution in [-0.2, 0) is 14.3 Å². The Morgan fingerprint density at radius 2 is 1.68 bits per heavy atom. The molecule has 0 aromatic heterocycles. The molecular formula is C15H33NO3. The van der Waals surface area contributed by atoms with Crippen LogP contribution in [0.5, 0.6) is 0 Å². The molecule has 1 aliphatic rings. The summed E-state index contributed by atoms with van der Waals surface area (Å²) in [5, 5.41) is 0. The van der Waals surface area contributed by atoms with Crippen LogP contribution in [0.25, 0.3) is 0 Å². The largest absolute Gasteiger partial charge is 0.466 e. The highest BCUT2D eigenvalue weighted by molar-refractivity contribution is 5.72. The van der Waals surface area contributed by atoms with Gasteiger partial charge in [-0.05, 0) is 32.9 Å². The van der Waals surface area contributed by atoms with Gasteiger partial charge in [0.05, 0.1) is 19.1 Å². The molecule has 0 bridgehead atoms. The van der Waals surface area contributed by atoms with Crippen molar-refractivity contribution in [2.75, 3.05) is 40.0 Å². The fourth-order valence-corrected chi connectivity index (χ4v) is 1.87. The Balaban J connectivity index is 0. The van der Waals surface area contributed by atoms with E-state index in [-0.39, 0.29) is 11.9 Å². The molecule has 0 atom stereocenters. The summed E-state index contributed by atoms with van der Waals surface area (Å²) in [6.07, 6.45) is 1.84. The molecule has 0 amide bonds. The summed E-state index contributed by atoms with van der Waals surface area (Å²) < 4.78 is 10.0. The molecule has 4 heteroatoms. The summed E-state index contributed by atoms with van der Waals surface area (Å²) in [5.74, 6) is 0.0904. The summed E-state index contributed by atoms with van der Waals surface area (Å²) in [6, 6.07) is 0. The molecule has 1 heterocycles. The van der Waals surface area contributed by atoms with Gasteiger partial charge in [-0.25, -0.2) is 0 Å². The van der Waals surface area contributed by atoms with Crippen LogP contribution < -0.4 is 0 Å².